The molecule has 0 aliphatic carbocycles. The summed E-state index contributed by atoms with van der Waals surface area (Å²) in [4.78, 5) is 4.46. The van der Waals surface area contributed by atoms with Crippen molar-refractivity contribution < 1.29 is 4.39 Å². The van der Waals surface area contributed by atoms with Gasteiger partial charge in [-0.05, 0) is 25.6 Å². The number of nitrogens with zero attached hydrogens (tertiary/aromatic N) is 1. The molecule has 96 valence electrons. The van der Waals surface area contributed by atoms with Crippen molar-refractivity contribution >= 4 is 22.9 Å². The van der Waals surface area contributed by atoms with Gasteiger partial charge in [-0.15, -0.1) is 11.3 Å². The summed E-state index contributed by atoms with van der Waals surface area (Å²) in [5.41, 5.74) is 1.39. The Balaban J connectivity index is 2.32. The highest BCUT2D eigenvalue weighted by atomic mass is 35.5. The Kier molecular flexibility index (Phi) is 4.32. The van der Waals surface area contributed by atoms with Crippen LogP contribution in [0.25, 0.3) is 10.6 Å². The summed E-state index contributed by atoms with van der Waals surface area (Å²) in [6.07, 6.45) is 0. The lowest BCUT2D eigenvalue weighted by Crippen LogP contribution is -2.17. The molecule has 1 atom stereocenters. The first-order chi connectivity index (χ1) is 8.63. The number of rotatable bonds is 4. The summed E-state index contributed by atoms with van der Waals surface area (Å²) in [6.45, 7) is 4.95. The van der Waals surface area contributed by atoms with Crippen LogP contribution in [-0.2, 0) is 0 Å². The van der Waals surface area contributed by atoms with E-state index in [9.17, 15) is 4.39 Å². The van der Waals surface area contributed by atoms with E-state index in [1.807, 2.05) is 19.2 Å². The molecular formula is C13H14ClFN2S. The van der Waals surface area contributed by atoms with Gasteiger partial charge in [0.05, 0.1) is 10.7 Å². The highest BCUT2D eigenvalue weighted by Gasteiger charge is 2.14. The summed E-state index contributed by atoms with van der Waals surface area (Å²) in [5.74, 6) is -0.406. The van der Waals surface area contributed by atoms with Gasteiger partial charge in [0.25, 0.3) is 0 Å². The van der Waals surface area contributed by atoms with E-state index in [-0.39, 0.29) is 11.1 Å². The summed E-state index contributed by atoms with van der Waals surface area (Å²) in [7, 11) is 0. The zero-order valence-corrected chi connectivity index (χ0v) is 11.8. The van der Waals surface area contributed by atoms with Crippen LogP contribution in [0.4, 0.5) is 4.39 Å². The summed E-state index contributed by atoms with van der Waals surface area (Å²) in [5, 5.41) is 6.01. The number of aromatic nitrogens is 1. The molecule has 1 heterocycles. The van der Waals surface area contributed by atoms with Crippen molar-refractivity contribution in [2.75, 3.05) is 6.54 Å². The van der Waals surface area contributed by atoms with Crippen LogP contribution in [0.3, 0.4) is 0 Å². The largest absolute Gasteiger partial charge is 0.309 e. The average molecular weight is 285 g/mol. The van der Waals surface area contributed by atoms with Gasteiger partial charge in [0.1, 0.15) is 5.01 Å². The van der Waals surface area contributed by atoms with Crippen LogP contribution in [0.15, 0.2) is 23.6 Å². The van der Waals surface area contributed by atoms with Gasteiger partial charge < -0.3 is 5.32 Å². The van der Waals surface area contributed by atoms with Crippen molar-refractivity contribution in [1.82, 2.24) is 10.3 Å². The van der Waals surface area contributed by atoms with Gasteiger partial charge in [-0.3, -0.25) is 0 Å². The van der Waals surface area contributed by atoms with Gasteiger partial charge in [0, 0.05) is 17.0 Å². The minimum absolute atomic E-state index is 0.129. The standard InChI is InChI=1S/C13H14ClFN2S/c1-3-16-8(2)11-7-18-13(17-11)9-5-4-6-10(14)12(9)15/h4-8,16H,3H2,1-2H3. The number of benzene rings is 1. The molecule has 1 N–H and O–H groups in total. The van der Waals surface area contributed by atoms with Crippen molar-refractivity contribution in [3.05, 3.63) is 40.1 Å². The monoisotopic (exact) mass is 284 g/mol. The molecule has 1 aromatic heterocycles. The van der Waals surface area contributed by atoms with Crippen molar-refractivity contribution in [2.45, 2.75) is 19.9 Å². The second kappa shape index (κ2) is 5.78. The third-order valence-electron chi connectivity index (χ3n) is 2.66. The molecule has 0 spiro atoms. The predicted molar refractivity (Wildman–Crippen MR) is 74.6 cm³/mol. The minimum Gasteiger partial charge on any atom is -0.309 e. The van der Waals surface area contributed by atoms with Gasteiger partial charge in [-0.2, -0.15) is 0 Å². The van der Waals surface area contributed by atoms with Crippen LogP contribution in [0.5, 0.6) is 0 Å². The fraction of sp³-hybridized carbons (Fsp3) is 0.308. The summed E-state index contributed by atoms with van der Waals surface area (Å²) in [6, 6.07) is 5.13. The maximum atomic E-state index is 13.9. The van der Waals surface area contributed by atoms with Crippen molar-refractivity contribution in [1.29, 1.82) is 0 Å². The quantitative estimate of drug-likeness (QED) is 0.907. The highest BCUT2D eigenvalue weighted by molar-refractivity contribution is 7.13. The van der Waals surface area contributed by atoms with E-state index in [0.29, 0.717) is 10.6 Å². The minimum atomic E-state index is -0.406. The Morgan fingerprint density at radius 2 is 2.28 bits per heavy atom. The molecule has 18 heavy (non-hydrogen) atoms. The first-order valence-electron chi connectivity index (χ1n) is 5.76. The second-order valence-corrected chi connectivity index (χ2v) is 5.22. The van der Waals surface area contributed by atoms with E-state index in [4.69, 9.17) is 11.6 Å². The molecule has 5 heteroatoms. The first kappa shape index (κ1) is 13.5. The topological polar surface area (TPSA) is 24.9 Å². The third-order valence-corrected chi connectivity index (χ3v) is 3.84. The second-order valence-electron chi connectivity index (χ2n) is 3.96. The van der Waals surface area contributed by atoms with Crippen molar-refractivity contribution in [3.63, 3.8) is 0 Å². The van der Waals surface area contributed by atoms with Gasteiger partial charge in [-0.1, -0.05) is 24.6 Å². The van der Waals surface area contributed by atoms with Crippen LogP contribution >= 0.6 is 22.9 Å². The fourth-order valence-electron chi connectivity index (χ4n) is 1.69. The van der Waals surface area contributed by atoms with Gasteiger partial charge in [0.15, 0.2) is 5.82 Å². The first-order valence-corrected chi connectivity index (χ1v) is 7.02. The van der Waals surface area contributed by atoms with Crippen LogP contribution < -0.4 is 5.32 Å². The molecule has 0 saturated carbocycles. The molecular weight excluding hydrogens is 271 g/mol. The number of thiazole rings is 1. The molecule has 2 aromatic rings. The van der Waals surface area contributed by atoms with E-state index >= 15 is 0 Å². The molecule has 0 aliphatic rings. The fourth-order valence-corrected chi connectivity index (χ4v) is 2.79. The van der Waals surface area contributed by atoms with Crippen LogP contribution in [0.1, 0.15) is 25.6 Å². The van der Waals surface area contributed by atoms with Crippen molar-refractivity contribution in [3.8, 4) is 10.6 Å². The average Bonchev–Trinajstić information content (AvgIpc) is 2.82. The van der Waals surface area contributed by atoms with Gasteiger partial charge in [-0.25, -0.2) is 9.37 Å². The lowest BCUT2D eigenvalue weighted by molar-refractivity contribution is 0.586. The normalized spacial score (nSPS) is 12.7. The van der Waals surface area contributed by atoms with Gasteiger partial charge in [0.2, 0.25) is 0 Å². The Labute approximate surface area is 115 Å². The van der Waals surface area contributed by atoms with Gasteiger partial charge >= 0.3 is 0 Å². The Hall–Kier alpha value is -0.970. The number of halogens is 2. The Morgan fingerprint density at radius 1 is 1.50 bits per heavy atom. The number of nitrogens with one attached hydrogen (secondary N) is 1. The molecule has 2 nitrogen and oxygen atoms in total. The lowest BCUT2D eigenvalue weighted by Gasteiger charge is -2.08. The van der Waals surface area contributed by atoms with E-state index < -0.39 is 5.82 Å². The molecule has 0 fully saturated rings. The third kappa shape index (κ3) is 2.71. The molecule has 0 amide bonds. The number of hydrogen-bond acceptors (Lipinski definition) is 3. The molecule has 0 saturated heterocycles. The highest BCUT2D eigenvalue weighted by Crippen LogP contribution is 2.31. The van der Waals surface area contributed by atoms with Crippen LogP contribution in [0.2, 0.25) is 5.02 Å². The summed E-state index contributed by atoms with van der Waals surface area (Å²) >= 11 is 7.20. The molecule has 2 rings (SSSR count). The van der Waals surface area contributed by atoms with E-state index in [1.165, 1.54) is 17.4 Å². The van der Waals surface area contributed by atoms with E-state index in [0.717, 1.165) is 12.2 Å². The van der Waals surface area contributed by atoms with E-state index in [1.54, 1.807) is 12.1 Å². The molecule has 0 bridgehead atoms. The maximum Gasteiger partial charge on any atom is 0.152 e. The summed E-state index contributed by atoms with van der Waals surface area (Å²) < 4.78 is 13.9. The van der Waals surface area contributed by atoms with Crippen molar-refractivity contribution in [2.24, 2.45) is 0 Å². The zero-order chi connectivity index (χ0) is 13.1. The molecule has 0 aliphatic heterocycles. The Bertz CT molecular complexity index is 542. The SMILES string of the molecule is CCNC(C)c1csc(-c2cccc(Cl)c2F)n1. The zero-order valence-electron chi connectivity index (χ0n) is 10.2. The van der Waals surface area contributed by atoms with Crippen LogP contribution in [-0.4, -0.2) is 11.5 Å². The number of hydrogen-bond donors (Lipinski definition) is 1. The molecule has 0 radical (unpaired) electrons. The Morgan fingerprint density at radius 3 is 3.00 bits per heavy atom. The molecule has 1 unspecified atom stereocenters. The lowest BCUT2D eigenvalue weighted by atomic mass is 10.2. The molecule has 1 aromatic carbocycles. The maximum absolute atomic E-state index is 13.9. The van der Waals surface area contributed by atoms with E-state index in [2.05, 4.69) is 10.3 Å². The smallest absolute Gasteiger partial charge is 0.152 e. The van der Waals surface area contributed by atoms with Crippen LogP contribution in [0, 0.1) is 5.82 Å². The predicted octanol–water partition coefficient (Wildman–Crippen LogP) is 4.27.